The Labute approximate surface area is 139 Å². The molecule has 132 valence electrons. The molecule has 0 saturated heterocycles. The van der Waals surface area contributed by atoms with E-state index in [4.69, 9.17) is 9.84 Å². The van der Waals surface area contributed by atoms with E-state index in [1.165, 1.54) is 6.33 Å². The van der Waals surface area contributed by atoms with E-state index in [0.29, 0.717) is 6.07 Å². The molecule has 0 bridgehead atoms. The molecule has 0 saturated carbocycles. The van der Waals surface area contributed by atoms with E-state index in [9.17, 15) is 17.6 Å². The number of aliphatic hydroxyl groups is 1. The Morgan fingerprint density at radius 1 is 1.33 bits per heavy atom. The Balaban J connectivity index is 2.57. The number of benzene rings is 1. The minimum Gasteiger partial charge on any atom is -0.396 e. The Morgan fingerprint density at radius 3 is 2.62 bits per heavy atom. The fourth-order valence-corrected chi connectivity index (χ4v) is 3.12. The average Bonchev–Trinajstić information content (AvgIpc) is 3.04. The molecule has 1 atom stereocenters. The number of ether oxygens (including phenoxy) is 1. The van der Waals surface area contributed by atoms with Gasteiger partial charge < -0.3 is 9.84 Å². The number of nitrogens with zero attached hydrogens (tertiary/aromatic N) is 3. The van der Waals surface area contributed by atoms with Crippen molar-refractivity contribution in [1.82, 2.24) is 14.8 Å². The van der Waals surface area contributed by atoms with Crippen LogP contribution in [0.2, 0.25) is 0 Å². The molecule has 10 heteroatoms. The molecule has 0 aliphatic heterocycles. The summed E-state index contributed by atoms with van der Waals surface area (Å²) in [6.45, 7) is -1.05. The number of rotatable bonds is 8. The maximum absolute atomic E-state index is 14.9. The molecule has 2 aromatic rings. The number of aliphatic hydroxyl groups excluding tert-OH is 1. The molecule has 24 heavy (non-hydrogen) atoms. The van der Waals surface area contributed by atoms with Gasteiger partial charge in [-0.15, -0.1) is 0 Å². The van der Waals surface area contributed by atoms with E-state index in [0.717, 1.165) is 30.3 Å². The predicted octanol–water partition coefficient (Wildman–Crippen LogP) is 2.42. The summed E-state index contributed by atoms with van der Waals surface area (Å²) in [4.78, 5) is 3.67. The van der Waals surface area contributed by atoms with Gasteiger partial charge in [0.05, 0.1) is 13.2 Å². The van der Waals surface area contributed by atoms with Crippen LogP contribution in [0, 0.1) is 11.6 Å². The van der Waals surface area contributed by atoms with Crippen molar-refractivity contribution in [3.05, 3.63) is 48.1 Å². The maximum atomic E-state index is 14.9. The zero-order valence-corrected chi connectivity index (χ0v) is 13.4. The zero-order chi connectivity index (χ0) is 17.8. The zero-order valence-electron chi connectivity index (χ0n) is 12.6. The highest BCUT2D eigenvalue weighted by molar-refractivity contribution is 8.00. The van der Waals surface area contributed by atoms with Gasteiger partial charge >= 0.3 is 5.25 Å². The summed E-state index contributed by atoms with van der Waals surface area (Å²) in [5.74, 6) is -2.35. The van der Waals surface area contributed by atoms with Gasteiger partial charge in [-0.3, -0.25) is 0 Å². The fourth-order valence-electron chi connectivity index (χ4n) is 2.28. The van der Waals surface area contributed by atoms with Crippen LogP contribution in [0.1, 0.15) is 5.56 Å². The lowest BCUT2D eigenvalue weighted by molar-refractivity contribution is -0.161. The van der Waals surface area contributed by atoms with Crippen molar-refractivity contribution < 1.29 is 27.4 Å². The lowest BCUT2D eigenvalue weighted by Crippen LogP contribution is -2.49. The van der Waals surface area contributed by atoms with E-state index >= 15 is 0 Å². The lowest BCUT2D eigenvalue weighted by atomic mass is 9.92. The smallest absolute Gasteiger partial charge is 0.328 e. The first kappa shape index (κ1) is 18.7. The summed E-state index contributed by atoms with van der Waals surface area (Å²) in [5.41, 5.74) is -2.99. The van der Waals surface area contributed by atoms with Gasteiger partial charge in [0.2, 0.25) is 0 Å². The summed E-state index contributed by atoms with van der Waals surface area (Å²) in [7, 11) is 1.01. The topological polar surface area (TPSA) is 60.2 Å². The molecule has 0 amide bonds. The second kappa shape index (κ2) is 7.49. The molecule has 5 nitrogen and oxygen atoms in total. The second-order valence-electron chi connectivity index (χ2n) is 4.84. The van der Waals surface area contributed by atoms with Gasteiger partial charge in [-0.1, -0.05) is 11.8 Å². The van der Waals surface area contributed by atoms with Crippen molar-refractivity contribution in [2.45, 2.75) is 17.4 Å². The Hall–Kier alpha value is -1.65. The van der Waals surface area contributed by atoms with Crippen LogP contribution in [-0.4, -0.2) is 44.6 Å². The molecule has 0 spiro atoms. The van der Waals surface area contributed by atoms with Crippen molar-refractivity contribution in [2.75, 3.05) is 19.5 Å². The normalized spacial score (nSPS) is 14.6. The van der Waals surface area contributed by atoms with Crippen molar-refractivity contribution in [2.24, 2.45) is 0 Å². The molecule has 0 fully saturated rings. The van der Waals surface area contributed by atoms with E-state index in [-0.39, 0.29) is 17.5 Å². The molecule has 0 aliphatic rings. The third kappa shape index (κ3) is 3.55. The van der Waals surface area contributed by atoms with Gasteiger partial charge in [-0.05, 0) is 12.1 Å². The average molecular weight is 365 g/mol. The molecule has 1 aromatic carbocycles. The summed E-state index contributed by atoms with van der Waals surface area (Å²) in [5, 5.41) is 8.95. The predicted molar refractivity (Wildman–Crippen MR) is 79.6 cm³/mol. The van der Waals surface area contributed by atoms with Gasteiger partial charge in [-0.25, -0.2) is 18.4 Å². The Bertz CT molecular complexity index is 672. The van der Waals surface area contributed by atoms with Crippen LogP contribution in [0.4, 0.5) is 17.6 Å². The van der Waals surface area contributed by atoms with Crippen LogP contribution in [0.5, 0.6) is 0 Å². The highest BCUT2D eigenvalue weighted by Crippen LogP contribution is 2.49. The second-order valence-corrected chi connectivity index (χ2v) is 6.05. The largest absolute Gasteiger partial charge is 0.396 e. The highest BCUT2D eigenvalue weighted by atomic mass is 32.2. The summed E-state index contributed by atoms with van der Waals surface area (Å²) in [6, 6.07) is 2.30. The van der Waals surface area contributed by atoms with Crippen LogP contribution < -0.4 is 0 Å². The summed E-state index contributed by atoms with van der Waals surface area (Å²) in [6.07, 6.45) is 2.32. The van der Waals surface area contributed by atoms with Crippen LogP contribution in [0.3, 0.4) is 0 Å². The van der Waals surface area contributed by atoms with Gasteiger partial charge in [0.25, 0.3) is 0 Å². The van der Waals surface area contributed by atoms with Crippen molar-refractivity contribution in [1.29, 1.82) is 0 Å². The van der Waals surface area contributed by atoms with Crippen LogP contribution in [0.15, 0.2) is 30.9 Å². The maximum Gasteiger partial charge on any atom is 0.328 e. The molecule has 1 aromatic heterocycles. The number of halogens is 4. The molecule has 1 unspecified atom stereocenters. The standard InChI is InChI=1S/C14H15F4N3O2S/c1-23-13(7-21-9-19-8-20-21,14(17,18)24-5-4-22)11-3-2-10(15)6-12(11)16/h2-3,6,8-9,22H,4-5,7H2,1H3. The quantitative estimate of drug-likeness (QED) is 0.728. The highest BCUT2D eigenvalue weighted by Gasteiger charge is 2.57. The van der Waals surface area contributed by atoms with Crippen molar-refractivity contribution >= 4 is 11.8 Å². The molecular formula is C14H15F4N3O2S. The summed E-state index contributed by atoms with van der Waals surface area (Å²) >= 11 is 0.110. The monoisotopic (exact) mass is 365 g/mol. The number of hydrogen-bond donors (Lipinski definition) is 1. The van der Waals surface area contributed by atoms with Crippen molar-refractivity contribution in [3.63, 3.8) is 0 Å². The van der Waals surface area contributed by atoms with Crippen molar-refractivity contribution in [3.8, 4) is 0 Å². The number of aromatic nitrogens is 3. The molecular weight excluding hydrogens is 350 g/mol. The van der Waals surface area contributed by atoms with E-state index in [1.807, 2.05) is 0 Å². The molecule has 0 aliphatic carbocycles. The lowest BCUT2D eigenvalue weighted by Gasteiger charge is -2.39. The number of alkyl halides is 2. The number of thioether (sulfide) groups is 1. The van der Waals surface area contributed by atoms with Gasteiger partial charge in [0.15, 0.2) is 5.60 Å². The van der Waals surface area contributed by atoms with Crippen LogP contribution in [-0.2, 0) is 16.9 Å². The van der Waals surface area contributed by atoms with Crippen LogP contribution in [0.25, 0.3) is 0 Å². The molecule has 2 rings (SSSR count). The number of hydrogen-bond acceptors (Lipinski definition) is 5. The first-order chi connectivity index (χ1) is 11.4. The molecule has 1 heterocycles. The third-order valence-corrected chi connectivity index (χ3v) is 4.49. The molecule has 0 radical (unpaired) electrons. The fraction of sp³-hybridized carbons (Fsp3) is 0.429. The minimum absolute atomic E-state index is 0.110. The van der Waals surface area contributed by atoms with Crippen LogP contribution >= 0.6 is 11.8 Å². The Kier molecular flexibility index (Phi) is 5.83. The van der Waals surface area contributed by atoms with E-state index in [1.54, 1.807) is 0 Å². The van der Waals surface area contributed by atoms with E-state index < -0.39 is 41.2 Å². The molecule has 1 N–H and O–H groups in total. The SMILES string of the molecule is COC(Cn1cncn1)(c1ccc(F)cc1F)C(F)(F)SCCO. The summed E-state index contributed by atoms with van der Waals surface area (Å²) < 4.78 is 63.4. The minimum atomic E-state index is -3.64. The van der Waals surface area contributed by atoms with E-state index in [2.05, 4.69) is 10.1 Å². The number of methoxy groups -OCH3 is 1. The first-order valence-electron chi connectivity index (χ1n) is 6.82. The Morgan fingerprint density at radius 2 is 2.08 bits per heavy atom. The van der Waals surface area contributed by atoms with Gasteiger partial charge in [-0.2, -0.15) is 13.9 Å². The van der Waals surface area contributed by atoms with Gasteiger partial charge in [0, 0.05) is 24.5 Å². The first-order valence-corrected chi connectivity index (χ1v) is 7.80. The third-order valence-electron chi connectivity index (χ3n) is 3.41. The van der Waals surface area contributed by atoms with Gasteiger partial charge in [0.1, 0.15) is 24.3 Å².